The molecule has 4 rings (SSSR count). The number of aromatic nitrogens is 2. The molecule has 4 aromatic rings. The van der Waals surface area contributed by atoms with E-state index in [9.17, 15) is 4.79 Å². The Hall–Kier alpha value is -3.25. The van der Waals surface area contributed by atoms with Gasteiger partial charge in [-0.2, -0.15) is 0 Å². The Morgan fingerprint density at radius 3 is 3.03 bits per heavy atom. The molecule has 1 unspecified atom stereocenters. The largest absolute Gasteiger partial charge is 0.490 e. The highest BCUT2D eigenvalue weighted by atomic mass is 35.5. The summed E-state index contributed by atoms with van der Waals surface area (Å²) in [6, 6.07) is 12.9. The zero-order valence-electron chi connectivity index (χ0n) is 16.1. The molecule has 0 saturated heterocycles. The fraction of sp³-hybridized carbons (Fsp3) is 0.182. The van der Waals surface area contributed by atoms with Crippen molar-refractivity contribution in [2.45, 2.75) is 19.9 Å². The number of amides is 1. The summed E-state index contributed by atoms with van der Waals surface area (Å²) in [4.78, 5) is 16.7. The number of fused-ring (bicyclic) bond motifs is 2. The predicted octanol–water partition coefficient (Wildman–Crippen LogP) is 5.02. The average molecular weight is 410 g/mol. The minimum atomic E-state index is -0.313. The van der Waals surface area contributed by atoms with Gasteiger partial charge in [0.05, 0.1) is 18.3 Å². The van der Waals surface area contributed by atoms with E-state index in [1.807, 2.05) is 66.9 Å². The van der Waals surface area contributed by atoms with Crippen LogP contribution >= 0.6 is 11.6 Å². The summed E-state index contributed by atoms with van der Waals surface area (Å²) in [7, 11) is 0. The monoisotopic (exact) mass is 409 g/mol. The number of hydrogen-bond acceptors (Lipinski definition) is 4. The Morgan fingerprint density at radius 2 is 2.21 bits per heavy atom. The molecule has 0 aliphatic rings. The molecule has 0 bridgehead atoms. The standard InChI is InChI=1S/C22H20ClN3O3/c1-3-28-17-8-6-7-15-13-18(29-21(15)17)14(2)24-20(27)11-10-16-22(23)25-19-9-4-5-12-26(16)19/h4-14H,3H2,1-2H3,(H,24,27)/b11-10+. The maximum Gasteiger partial charge on any atom is 0.244 e. The number of nitrogens with one attached hydrogen (secondary N) is 1. The first kappa shape index (κ1) is 19.1. The van der Waals surface area contributed by atoms with E-state index in [4.69, 9.17) is 20.8 Å². The summed E-state index contributed by atoms with van der Waals surface area (Å²) in [5, 5.41) is 4.18. The van der Waals surface area contributed by atoms with Crippen LogP contribution in [0, 0.1) is 0 Å². The third-order valence-electron chi connectivity index (χ3n) is 4.53. The molecular formula is C22H20ClN3O3. The molecule has 7 heteroatoms. The zero-order valence-corrected chi connectivity index (χ0v) is 16.8. The first-order chi connectivity index (χ1) is 14.1. The Bertz CT molecular complexity index is 1210. The third-order valence-corrected chi connectivity index (χ3v) is 4.81. The Kier molecular flexibility index (Phi) is 5.27. The second-order valence-corrected chi connectivity index (χ2v) is 6.89. The highest BCUT2D eigenvalue weighted by Crippen LogP contribution is 2.31. The molecule has 0 radical (unpaired) electrons. The number of benzene rings is 1. The quantitative estimate of drug-likeness (QED) is 0.454. The molecule has 0 saturated carbocycles. The van der Waals surface area contributed by atoms with E-state index in [1.54, 1.807) is 6.08 Å². The summed E-state index contributed by atoms with van der Waals surface area (Å²) >= 11 is 6.20. The van der Waals surface area contributed by atoms with Crippen LogP contribution in [0.5, 0.6) is 5.75 Å². The average Bonchev–Trinajstić information content (AvgIpc) is 3.28. The predicted molar refractivity (Wildman–Crippen MR) is 113 cm³/mol. The van der Waals surface area contributed by atoms with Gasteiger partial charge in [-0.15, -0.1) is 0 Å². The maximum absolute atomic E-state index is 12.4. The van der Waals surface area contributed by atoms with Crippen molar-refractivity contribution in [3.8, 4) is 5.75 Å². The number of halogens is 1. The first-order valence-electron chi connectivity index (χ1n) is 9.33. The number of rotatable bonds is 6. The van der Waals surface area contributed by atoms with Crippen LogP contribution < -0.4 is 10.1 Å². The number of para-hydroxylation sites is 1. The van der Waals surface area contributed by atoms with Crippen molar-refractivity contribution >= 4 is 40.2 Å². The van der Waals surface area contributed by atoms with Crippen molar-refractivity contribution in [2.24, 2.45) is 0 Å². The van der Waals surface area contributed by atoms with Gasteiger partial charge in [-0.3, -0.25) is 9.20 Å². The second kappa shape index (κ2) is 8.01. The third kappa shape index (κ3) is 3.84. The Balaban J connectivity index is 1.51. The molecule has 1 amide bonds. The van der Waals surface area contributed by atoms with Gasteiger partial charge in [0.15, 0.2) is 16.5 Å². The van der Waals surface area contributed by atoms with Crippen molar-refractivity contribution in [3.05, 3.63) is 71.3 Å². The summed E-state index contributed by atoms with van der Waals surface area (Å²) in [5.41, 5.74) is 2.05. The smallest absolute Gasteiger partial charge is 0.244 e. The van der Waals surface area contributed by atoms with E-state index in [2.05, 4.69) is 10.3 Å². The number of carbonyl (C=O) groups is 1. The highest BCUT2D eigenvalue weighted by molar-refractivity contribution is 6.31. The molecule has 0 aliphatic heterocycles. The second-order valence-electron chi connectivity index (χ2n) is 6.54. The van der Waals surface area contributed by atoms with E-state index in [1.165, 1.54) is 6.08 Å². The fourth-order valence-corrected chi connectivity index (χ4v) is 3.40. The molecule has 0 aliphatic carbocycles. The van der Waals surface area contributed by atoms with Crippen molar-refractivity contribution in [3.63, 3.8) is 0 Å². The van der Waals surface area contributed by atoms with Crippen LogP contribution in [-0.2, 0) is 4.79 Å². The van der Waals surface area contributed by atoms with Gasteiger partial charge in [0.25, 0.3) is 0 Å². The van der Waals surface area contributed by atoms with Crippen LogP contribution in [0.4, 0.5) is 0 Å². The fourth-order valence-electron chi connectivity index (χ4n) is 3.16. The number of imidazole rings is 1. The van der Waals surface area contributed by atoms with Crippen LogP contribution in [-0.4, -0.2) is 21.9 Å². The number of hydrogen-bond donors (Lipinski definition) is 1. The van der Waals surface area contributed by atoms with Gasteiger partial charge >= 0.3 is 0 Å². The Morgan fingerprint density at radius 1 is 1.34 bits per heavy atom. The number of nitrogens with zero attached hydrogens (tertiary/aromatic N) is 2. The number of ether oxygens (including phenoxy) is 1. The minimum absolute atomic E-state index is 0.259. The van der Waals surface area contributed by atoms with Crippen LogP contribution in [0.15, 0.2) is 59.2 Å². The molecule has 0 spiro atoms. The number of carbonyl (C=O) groups excluding carboxylic acids is 1. The van der Waals surface area contributed by atoms with Crippen molar-refractivity contribution in [2.75, 3.05) is 6.61 Å². The van der Waals surface area contributed by atoms with Gasteiger partial charge in [0.1, 0.15) is 11.4 Å². The number of furan rings is 1. The molecular weight excluding hydrogens is 390 g/mol. The molecule has 1 atom stereocenters. The molecule has 148 valence electrons. The Labute approximate surface area is 172 Å². The molecule has 1 aromatic carbocycles. The summed E-state index contributed by atoms with van der Waals surface area (Å²) in [5.74, 6) is 1.09. The highest BCUT2D eigenvalue weighted by Gasteiger charge is 2.16. The lowest BCUT2D eigenvalue weighted by Crippen LogP contribution is -2.24. The van der Waals surface area contributed by atoms with Crippen LogP contribution in [0.2, 0.25) is 5.15 Å². The van der Waals surface area contributed by atoms with Gasteiger partial charge in [-0.25, -0.2) is 4.98 Å². The van der Waals surface area contributed by atoms with Gasteiger partial charge in [-0.1, -0.05) is 29.8 Å². The van der Waals surface area contributed by atoms with Gasteiger partial charge in [0.2, 0.25) is 5.91 Å². The lowest BCUT2D eigenvalue weighted by molar-refractivity contribution is -0.117. The first-order valence-corrected chi connectivity index (χ1v) is 9.71. The van der Waals surface area contributed by atoms with Crippen molar-refractivity contribution in [1.29, 1.82) is 0 Å². The SMILES string of the molecule is CCOc1cccc2cc(C(C)NC(=O)/C=C/c3c(Cl)nc4ccccn34)oc12. The molecule has 3 heterocycles. The molecule has 29 heavy (non-hydrogen) atoms. The molecule has 0 fully saturated rings. The normalized spacial score (nSPS) is 12.7. The van der Waals surface area contributed by atoms with E-state index in [0.717, 1.165) is 11.0 Å². The van der Waals surface area contributed by atoms with E-state index in [0.29, 0.717) is 34.5 Å². The van der Waals surface area contributed by atoms with Gasteiger partial charge in [0, 0.05) is 17.7 Å². The van der Waals surface area contributed by atoms with Gasteiger partial charge < -0.3 is 14.5 Å². The van der Waals surface area contributed by atoms with E-state index >= 15 is 0 Å². The topological polar surface area (TPSA) is 68.8 Å². The van der Waals surface area contributed by atoms with E-state index < -0.39 is 0 Å². The van der Waals surface area contributed by atoms with Crippen LogP contribution in [0.3, 0.4) is 0 Å². The lowest BCUT2D eigenvalue weighted by atomic mass is 10.2. The van der Waals surface area contributed by atoms with E-state index in [-0.39, 0.29) is 11.9 Å². The van der Waals surface area contributed by atoms with Crippen LogP contribution in [0.25, 0.3) is 22.7 Å². The van der Waals surface area contributed by atoms with Crippen LogP contribution in [0.1, 0.15) is 31.3 Å². The minimum Gasteiger partial charge on any atom is -0.490 e. The summed E-state index contributed by atoms with van der Waals surface area (Å²) in [6.07, 6.45) is 4.93. The summed E-state index contributed by atoms with van der Waals surface area (Å²) < 4.78 is 13.4. The van der Waals surface area contributed by atoms with Crippen molar-refractivity contribution < 1.29 is 13.9 Å². The zero-order chi connectivity index (χ0) is 20.4. The lowest BCUT2D eigenvalue weighted by Gasteiger charge is -2.09. The van der Waals surface area contributed by atoms with Crippen molar-refractivity contribution in [1.82, 2.24) is 14.7 Å². The summed E-state index contributed by atoms with van der Waals surface area (Å²) in [6.45, 7) is 4.34. The molecule has 6 nitrogen and oxygen atoms in total. The van der Waals surface area contributed by atoms with Gasteiger partial charge in [-0.05, 0) is 44.2 Å². The molecule has 3 aromatic heterocycles. The number of pyridine rings is 1. The maximum atomic E-state index is 12.4. The molecule has 1 N–H and O–H groups in total.